The first-order valence-electron chi connectivity index (χ1n) is 8.71. The molecular formula is C18H23N3O4S2. The first kappa shape index (κ1) is 19.9. The summed E-state index contributed by atoms with van der Waals surface area (Å²) in [5, 5.41) is 0.787. The van der Waals surface area contributed by atoms with Gasteiger partial charge in [0.05, 0.1) is 12.4 Å². The Hall–Kier alpha value is -1.84. The summed E-state index contributed by atoms with van der Waals surface area (Å²) in [6.45, 7) is 3.55. The first-order valence-corrected chi connectivity index (χ1v) is 11.1. The lowest BCUT2D eigenvalue weighted by atomic mass is 9.89. The normalized spacial score (nSPS) is 21.1. The smallest absolute Gasteiger partial charge is 0.238 e. The van der Waals surface area contributed by atoms with Gasteiger partial charge in [-0.25, -0.2) is 13.4 Å². The number of sulfone groups is 1. The van der Waals surface area contributed by atoms with Gasteiger partial charge in [0.25, 0.3) is 0 Å². The zero-order valence-corrected chi connectivity index (χ0v) is 16.9. The van der Waals surface area contributed by atoms with Gasteiger partial charge >= 0.3 is 0 Å². The van der Waals surface area contributed by atoms with Crippen LogP contribution in [0.25, 0.3) is 10.6 Å². The van der Waals surface area contributed by atoms with Gasteiger partial charge in [-0.2, -0.15) is 4.37 Å². The highest BCUT2D eigenvalue weighted by molar-refractivity contribution is 7.93. The highest BCUT2D eigenvalue weighted by Crippen LogP contribution is 2.35. The molecule has 0 saturated carbocycles. The maximum Gasteiger partial charge on any atom is 0.238 e. The fraction of sp³-hybridized carbons (Fsp3) is 0.500. The Morgan fingerprint density at radius 3 is 2.70 bits per heavy atom. The maximum atomic E-state index is 12.8. The molecule has 2 N–H and O–H groups in total. The Kier molecular flexibility index (Phi) is 5.64. The fourth-order valence-corrected chi connectivity index (χ4v) is 5.41. The second-order valence-electron chi connectivity index (χ2n) is 7.21. The SMILES string of the molecule is CC(C)(C(N)=O)S(=O)(=O)CC1CCOCC1c1nsc(-c2ccccc2)n1. The van der Waals surface area contributed by atoms with Crippen LogP contribution in [0.2, 0.25) is 0 Å². The average molecular weight is 410 g/mol. The molecule has 1 saturated heterocycles. The summed E-state index contributed by atoms with van der Waals surface area (Å²) in [4.78, 5) is 16.2. The molecule has 0 spiro atoms. The summed E-state index contributed by atoms with van der Waals surface area (Å²) in [5.74, 6) is -0.844. The molecule has 3 rings (SSSR count). The van der Waals surface area contributed by atoms with E-state index >= 15 is 0 Å². The number of nitrogens with zero attached hydrogens (tertiary/aromatic N) is 2. The van der Waals surface area contributed by atoms with E-state index in [2.05, 4.69) is 9.36 Å². The van der Waals surface area contributed by atoms with E-state index in [9.17, 15) is 13.2 Å². The summed E-state index contributed by atoms with van der Waals surface area (Å²) in [6, 6.07) is 9.71. The van der Waals surface area contributed by atoms with Crippen molar-refractivity contribution in [3.63, 3.8) is 0 Å². The molecule has 2 unspecified atom stereocenters. The Labute approximate surface area is 163 Å². The van der Waals surface area contributed by atoms with E-state index < -0.39 is 20.5 Å². The van der Waals surface area contributed by atoms with Gasteiger partial charge in [-0.15, -0.1) is 0 Å². The fourth-order valence-electron chi connectivity index (χ4n) is 2.99. The van der Waals surface area contributed by atoms with Gasteiger partial charge in [-0.1, -0.05) is 30.3 Å². The Balaban J connectivity index is 1.85. The number of carbonyl (C=O) groups is 1. The van der Waals surface area contributed by atoms with Crippen molar-refractivity contribution in [2.75, 3.05) is 19.0 Å². The molecule has 0 radical (unpaired) electrons. The molecule has 1 amide bonds. The monoisotopic (exact) mass is 409 g/mol. The van der Waals surface area contributed by atoms with Crippen LogP contribution in [-0.4, -0.2) is 47.4 Å². The second-order valence-corrected chi connectivity index (χ2v) is 10.5. The Morgan fingerprint density at radius 2 is 2.04 bits per heavy atom. The van der Waals surface area contributed by atoms with Crippen molar-refractivity contribution in [3.05, 3.63) is 36.2 Å². The molecular weight excluding hydrogens is 386 g/mol. The molecule has 2 aromatic rings. The van der Waals surface area contributed by atoms with E-state index in [-0.39, 0.29) is 17.6 Å². The zero-order chi connectivity index (χ0) is 19.7. The standard InChI is InChI=1S/C18H23N3O4S2/c1-18(2,17(19)22)27(23,24)11-13-8-9-25-10-14(13)15-20-16(26-21-15)12-6-4-3-5-7-12/h3-7,13-14H,8-11H2,1-2H3,(H2,19,22). The number of amides is 1. The summed E-state index contributed by atoms with van der Waals surface area (Å²) < 4.78 is 34.0. The second kappa shape index (κ2) is 7.65. The molecule has 1 aliphatic rings. The van der Waals surface area contributed by atoms with Gasteiger partial charge in [-0.3, -0.25) is 4.79 Å². The van der Waals surface area contributed by atoms with Crippen LogP contribution in [0.3, 0.4) is 0 Å². The number of hydrogen-bond donors (Lipinski definition) is 1. The van der Waals surface area contributed by atoms with Crippen molar-refractivity contribution in [3.8, 4) is 10.6 Å². The summed E-state index contributed by atoms with van der Waals surface area (Å²) in [5.41, 5.74) is 6.28. The zero-order valence-electron chi connectivity index (χ0n) is 15.3. The summed E-state index contributed by atoms with van der Waals surface area (Å²) >= 11 is 1.29. The van der Waals surface area contributed by atoms with Gasteiger partial charge in [-0.05, 0) is 37.7 Å². The van der Waals surface area contributed by atoms with Crippen LogP contribution in [-0.2, 0) is 19.4 Å². The minimum absolute atomic E-state index is 0.142. The molecule has 7 nitrogen and oxygen atoms in total. The molecule has 27 heavy (non-hydrogen) atoms. The molecule has 1 fully saturated rings. The third kappa shape index (κ3) is 4.04. The molecule has 1 aliphatic heterocycles. The number of carbonyl (C=O) groups excluding carboxylic acids is 1. The highest BCUT2D eigenvalue weighted by atomic mass is 32.2. The van der Waals surface area contributed by atoms with Crippen molar-refractivity contribution in [1.29, 1.82) is 0 Å². The van der Waals surface area contributed by atoms with E-state index in [4.69, 9.17) is 10.5 Å². The van der Waals surface area contributed by atoms with E-state index in [1.165, 1.54) is 25.4 Å². The van der Waals surface area contributed by atoms with Gasteiger partial charge in [0.1, 0.15) is 15.6 Å². The van der Waals surface area contributed by atoms with E-state index in [1.807, 2.05) is 30.3 Å². The van der Waals surface area contributed by atoms with Crippen LogP contribution in [0.4, 0.5) is 0 Å². The van der Waals surface area contributed by atoms with Crippen LogP contribution in [0, 0.1) is 5.92 Å². The predicted octanol–water partition coefficient (Wildman–Crippen LogP) is 2.00. The maximum absolute atomic E-state index is 12.8. The Bertz CT molecular complexity index is 910. The van der Waals surface area contributed by atoms with E-state index in [0.29, 0.717) is 25.5 Å². The molecule has 9 heteroatoms. The number of nitrogens with two attached hydrogens (primary N) is 1. The first-order chi connectivity index (χ1) is 12.7. The quantitative estimate of drug-likeness (QED) is 0.781. The Morgan fingerprint density at radius 1 is 1.33 bits per heavy atom. The molecule has 146 valence electrons. The lowest BCUT2D eigenvalue weighted by Crippen LogP contribution is -2.48. The molecule has 2 heterocycles. The average Bonchev–Trinajstić information content (AvgIpc) is 3.12. The molecule has 0 aliphatic carbocycles. The van der Waals surface area contributed by atoms with Gasteiger partial charge < -0.3 is 10.5 Å². The number of hydrogen-bond acceptors (Lipinski definition) is 7. The van der Waals surface area contributed by atoms with Crippen molar-refractivity contribution >= 4 is 27.3 Å². The lowest BCUT2D eigenvalue weighted by molar-refractivity contribution is -0.119. The minimum atomic E-state index is -3.73. The molecule has 1 aromatic carbocycles. The predicted molar refractivity (Wildman–Crippen MR) is 104 cm³/mol. The lowest BCUT2D eigenvalue weighted by Gasteiger charge is -2.32. The van der Waals surface area contributed by atoms with Crippen LogP contribution in [0.15, 0.2) is 30.3 Å². The van der Waals surface area contributed by atoms with Gasteiger partial charge in [0.2, 0.25) is 5.91 Å². The van der Waals surface area contributed by atoms with E-state index in [1.54, 1.807) is 0 Å². The third-order valence-electron chi connectivity index (χ3n) is 5.10. The van der Waals surface area contributed by atoms with Crippen molar-refractivity contribution in [2.24, 2.45) is 11.7 Å². The largest absolute Gasteiger partial charge is 0.381 e. The van der Waals surface area contributed by atoms with E-state index in [0.717, 1.165) is 10.6 Å². The molecule has 1 aromatic heterocycles. The van der Waals surface area contributed by atoms with Gasteiger partial charge in [0, 0.05) is 18.1 Å². The summed E-state index contributed by atoms with van der Waals surface area (Å²) in [7, 11) is -3.73. The minimum Gasteiger partial charge on any atom is -0.381 e. The van der Waals surface area contributed by atoms with Crippen LogP contribution in [0.5, 0.6) is 0 Å². The topological polar surface area (TPSA) is 112 Å². The third-order valence-corrected chi connectivity index (χ3v) is 8.50. The molecule has 2 atom stereocenters. The summed E-state index contributed by atoms with van der Waals surface area (Å²) in [6.07, 6.45) is 0.568. The van der Waals surface area contributed by atoms with Crippen LogP contribution in [0.1, 0.15) is 32.0 Å². The number of rotatable bonds is 6. The van der Waals surface area contributed by atoms with Crippen molar-refractivity contribution in [1.82, 2.24) is 9.36 Å². The number of primary amides is 1. The highest BCUT2D eigenvalue weighted by Gasteiger charge is 2.43. The van der Waals surface area contributed by atoms with Crippen molar-refractivity contribution in [2.45, 2.75) is 30.9 Å². The van der Waals surface area contributed by atoms with Crippen LogP contribution < -0.4 is 5.73 Å². The number of ether oxygens (including phenoxy) is 1. The van der Waals surface area contributed by atoms with Gasteiger partial charge in [0.15, 0.2) is 9.84 Å². The van der Waals surface area contributed by atoms with Crippen molar-refractivity contribution < 1.29 is 17.9 Å². The number of aromatic nitrogens is 2. The van der Waals surface area contributed by atoms with Crippen LogP contribution >= 0.6 is 11.5 Å². The molecule has 0 bridgehead atoms. The number of benzene rings is 1.